The van der Waals surface area contributed by atoms with E-state index in [1.54, 1.807) is 0 Å². The molecule has 49 heavy (non-hydrogen) atoms. The Labute approximate surface area is 282 Å². The lowest BCUT2D eigenvalue weighted by molar-refractivity contribution is 1.15. The van der Waals surface area contributed by atoms with Crippen LogP contribution in [0.4, 0.5) is 0 Å². The molecule has 3 aromatic heterocycles. The van der Waals surface area contributed by atoms with Gasteiger partial charge in [-0.15, -0.1) is 0 Å². The summed E-state index contributed by atoms with van der Waals surface area (Å²) in [6.45, 7) is 0. The SMILES string of the molecule is c1ccc(-n2c3ccccc3c3ccc4c5ccccc5n(-c5cccc6c5c5ccccc5n6-c5cccc6ccccc56)c4c32)cc1. The van der Waals surface area contributed by atoms with Crippen LogP contribution in [-0.2, 0) is 0 Å². The summed E-state index contributed by atoms with van der Waals surface area (Å²) in [5, 5.41) is 9.96. The van der Waals surface area contributed by atoms with Crippen LogP contribution in [0.15, 0.2) is 176 Å². The van der Waals surface area contributed by atoms with Crippen molar-refractivity contribution in [3.05, 3.63) is 176 Å². The highest BCUT2D eigenvalue weighted by Crippen LogP contribution is 2.44. The summed E-state index contributed by atoms with van der Waals surface area (Å²) >= 11 is 0. The van der Waals surface area contributed by atoms with Gasteiger partial charge in [-0.3, -0.25) is 0 Å². The van der Waals surface area contributed by atoms with Gasteiger partial charge in [0, 0.05) is 43.4 Å². The van der Waals surface area contributed by atoms with Gasteiger partial charge in [0.1, 0.15) is 0 Å². The maximum Gasteiger partial charge on any atom is 0.0789 e. The molecule has 0 atom stereocenters. The maximum absolute atomic E-state index is 2.54. The molecule has 0 aliphatic heterocycles. The molecule has 11 rings (SSSR count). The molecule has 228 valence electrons. The van der Waals surface area contributed by atoms with Crippen molar-refractivity contribution in [2.24, 2.45) is 0 Å². The second-order valence-corrected chi connectivity index (χ2v) is 12.9. The van der Waals surface area contributed by atoms with Crippen LogP contribution < -0.4 is 0 Å². The molecule has 0 bridgehead atoms. The molecule has 0 saturated carbocycles. The molecule has 0 unspecified atom stereocenters. The zero-order valence-electron chi connectivity index (χ0n) is 26.6. The van der Waals surface area contributed by atoms with E-state index in [1.165, 1.54) is 87.6 Å². The third-order valence-corrected chi connectivity index (χ3v) is 10.4. The fourth-order valence-electron chi connectivity index (χ4n) is 8.45. The van der Waals surface area contributed by atoms with E-state index < -0.39 is 0 Å². The van der Waals surface area contributed by atoms with Crippen molar-refractivity contribution in [3.63, 3.8) is 0 Å². The highest BCUT2D eigenvalue weighted by Gasteiger charge is 2.24. The number of aromatic nitrogens is 3. The van der Waals surface area contributed by atoms with Crippen LogP contribution in [0.2, 0.25) is 0 Å². The van der Waals surface area contributed by atoms with E-state index in [9.17, 15) is 0 Å². The lowest BCUT2D eigenvalue weighted by Gasteiger charge is -2.14. The van der Waals surface area contributed by atoms with Gasteiger partial charge in [-0.1, -0.05) is 127 Å². The minimum absolute atomic E-state index is 1.16. The minimum atomic E-state index is 1.16. The van der Waals surface area contributed by atoms with Gasteiger partial charge < -0.3 is 13.7 Å². The van der Waals surface area contributed by atoms with Gasteiger partial charge in [0.05, 0.1) is 44.5 Å². The first-order valence-corrected chi connectivity index (χ1v) is 16.9. The van der Waals surface area contributed by atoms with Crippen molar-refractivity contribution in [2.75, 3.05) is 0 Å². The Bertz CT molecular complexity index is 3090. The molecule has 3 nitrogen and oxygen atoms in total. The van der Waals surface area contributed by atoms with Gasteiger partial charge >= 0.3 is 0 Å². The zero-order valence-corrected chi connectivity index (χ0v) is 26.6. The lowest BCUT2D eigenvalue weighted by atomic mass is 10.1. The molecule has 3 heteroatoms. The molecule has 0 fully saturated rings. The molecule has 0 N–H and O–H groups in total. The predicted molar refractivity (Wildman–Crippen MR) is 207 cm³/mol. The highest BCUT2D eigenvalue weighted by atomic mass is 15.1. The van der Waals surface area contributed by atoms with Gasteiger partial charge in [-0.2, -0.15) is 0 Å². The molecule has 8 aromatic carbocycles. The number of hydrogen-bond acceptors (Lipinski definition) is 0. The molecular weight excluding hydrogens is 595 g/mol. The van der Waals surface area contributed by atoms with Crippen LogP contribution in [0.3, 0.4) is 0 Å². The fourth-order valence-corrected chi connectivity index (χ4v) is 8.45. The molecule has 3 heterocycles. The molecule has 11 aromatic rings. The summed E-state index contributed by atoms with van der Waals surface area (Å²) in [6.07, 6.45) is 0. The molecule has 0 aliphatic rings. The summed E-state index contributed by atoms with van der Waals surface area (Å²) < 4.78 is 7.45. The van der Waals surface area contributed by atoms with Gasteiger partial charge in [-0.25, -0.2) is 0 Å². The Balaban J connectivity index is 1.36. The molecule has 0 saturated heterocycles. The predicted octanol–water partition coefficient (Wildman–Crippen LogP) is 12.1. The van der Waals surface area contributed by atoms with E-state index in [4.69, 9.17) is 0 Å². The van der Waals surface area contributed by atoms with Gasteiger partial charge in [0.15, 0.2) is 0 Å². The average molecular weight is 624 g/mol. The van der Waals surface area contributed by atoms with Crippen LogP contribution in [0, 0.1) is 0 Å². The second-order valence-electron chi connectivity index (χ2n) is 12.9. The summed E-state index contributed by atoms with van der Waals surface area (Å²) in [4.78, 5) is 0. The van der Waals surface area contributed by atoms with Gasteiger partial charge in [0.25, 0.3) is 0 Å². The summed E-state index contributed by atoms with van der Waals surface area (Å²) in [6, 6.07) is 64.2. The van der Waals surface area contributed by atoms with Crippen molar-refractivity contribution < 1.29 is 0 Å². The van der Waals surface area contributed by atoms with E-state index >= 15 is 0 Å². The smallest absolute Gasteiger partial charge is 0.0789 e. The van der Waals surface area contributed by atoms with Crippen LogP contribution >= 0.6 is 0 Å². The fraction of sp³-hybridized carbons (Fsp3) is 0. The first kappa shape index (κ1) is 26.5. The van der Waals surface area contributed by atoms with E-state index in [0.717, 1.165) is 5.69 Å². The molecular formula is C46H29N3. The number of benzene rings is 8. The third kappa shape index (κ3) is 3.56. The van der Waals surface area contributed by atoms with Crippen LogP contribution in [-0.4, -0.2) is 13.7 Å². The number of hydrogen-bond donors (Lipinski definition) is 0. The Morgan fingerprint density at radius 3 is 1.49 bits per heavy atom. The standard InChI is InChI=1S/C46H29N3/c1-2-16-31(17-3-1)47-39-22-9-6-19-33(39)35-28-29-36-34-20-7-10-23-40(34)49(46(36)45(35)47)43-27-13-26-42-44(43)37-21-8-11-24-41(37)48(42)38-25-12-15-30-14-4-5-18-32(30)38/h1-29H. The third-order valence-electron chi connectivity index (χ3n) is 10.4. The number of rotatable bonds is 3. The van der Waals surface area contributed by atoms with Crippen LogP contribution in [0.1, 0.15) is 0 Å². The summed E-state index contributed by atoms with van der Waals surface area (Å²) in [5.74, 6) is 0. The van der Waals surface area contributed by atoms with E-state index in [1.807, 2.05) is 0 Å². The van der Waals surface area contributed by atoms with Crippen molar-refractivity contribution in [2.45, 2.75) is 0 Å². The first-order chi connectivity index (χ1) is 24.4. The second kappa shape index (κ2) is 9.96. The topological polar surface area (TPSA) is 14.8 Å². The molecule has 0 spiro atoms. The van der Waals surface area contributed by atoms with E-state index in [2.05, 4.69) is 190 Å². The Morgan fingerprint density at radius 2 is 0.755 bits per heavy atom. The van der Waals surface area contributed by atoms with Gasteiger partial charge in [-0.05, 0) is 53.9 Å². The highest BCUT2D eigenvalue weighted by molar-refractivity contribution is 6.25. The van der Waals surface area contributed by atoms with E-state index in [-0.39, 0.29) is 0 Å². The van der Waals surface area contributed by atoms with Crippen LogP contribution in [0.25, 0.3) is 93.3 Å². The lowest BCUT2D eigenvalue weighted by Crippen LogP contribution is -1.99. The minimum Gasteiger partial charge on any atom is -0.309 e. The quantitative estimate of drug-likeness (QED) is 0.186. The Kier molecular flexibility index (Phi) is 5.38. The Hall–Kier alpha value is -6.58. The van der Waals surface area contributed by atoms with Crippen molar-refractivity contribution in [3.8, 4) is 17.1 Å². The van der Waals surface area contributed by atoms with Gasteiger partial charge in [0.2, 0.25) is 0 Å². The summed E-state index contributed by atoms with van der Waals surface area (Å²) in [7, 11) is 0. The Morgan fingerprint density at radius 1 is 0.265 bits per heavy atom. The number of fused-ring (bicyclic) bond motifs is 11. The number of para-hydroxylation sites is 4. The molecule has 0 radical (unpaired) electrons. The summed E-state index contributed by atoms with van der Waals surface area (Å²) in [5.41, 5.74) is 10.8. The molecule has 0 amide bonds. The number of nitrogens with zero attached hydrogens (tertiary/aromatic N) is 3. The van der Waals surface area contributed by atoms with Crippen molar-refractivity contribution in [1.29, 1.82) is 0 Å². The average Bonchev–Trinajstić information content (AvgIpc) is 3.81. The zero-order chi connectivity index (χ0) is 32.1. The maximum atomic E-state index is 2.54. The van der Waals surface area contributed by atoms with E-state index in [0.29, 0.717) is 0 Å². The van der Waals surface area contributed by atoms with Crippen molar-refractivity contribution in [1.82, 2.24) is 13.7 Å². The van der Waals surface area contributed by atoms with Crippen LogP contribution in [0.5, 0.6) is 0 Å². The largest absolute Gasteiger partial charge is 0.309 e. The first-order valence-electron chi connectivity index (χ1n) is 16.9. The van der Waals surface area contributed by atoms with Crippen molar-refractivity contribution >= 4 is 76.2 Å². The monoisotopic (exact) mass is 623 g/mol. The molecule has 0 aliphatic carbocycles. The normalized spacial score (nSPS) is 12.1.